The van der Waals surface area contributed by atoms with Crippen LogP contribution in [0.3, 0.4) is 0 Å². The van der Waals surface area contributed by atoms with Gasteiger partial charge in [0.1, 0.15) is 5.75 Å². The summed E-state index contributed by atoms with van der Waals surface area (Å²) in [5.74, 6) is 1.78. The Morgan fingerprint density at radius 1 is 1.40 bits per heavy atom. The predicted molar refractivity (Wildman–Crippen MR) is 56.3 cm³/mol. The van der Waals surface area contributed by atoms with E-state index < -0.39 is 0 Å². The quantitative estimate of drug-likeness (QED) is 0.793. The lowest BCUT2D eigenvalue weighted by Crippen LogP contribution is -2.04. The highest BCUT2D eigenvalue weighted by atomic mass is 16.7. The second-order valence-electron chi connectivity index (χ2n) is 3.74. The molecule has 1 aliphatic heterocycles. The lowest BCUT2D eigenvalue weighted by molar-refractivity contribution is 0.174. The molecule has 1 atom stereocenters. The summed E-state index contributed by atoms with van der Waals surface area (Å²) < 4.78 is 10.4. The molecular formula is C11H15NO3. The first-order valence-corrected chi connectivity index (χ1v) is 5.05. The fourth-order valence-corrected chi connectivity index (χ4v) is 1.75. The van der Waals surface area contributed by atoms with Gasteiger partial charge in [-0.15, -0.1) is 0 Å². The van der Waals surface area contributed by atoms with Crippen molar-refractivity contribution in [3.05, 3.63) is 17.7 Å². The molecule has 82 valence electrons. The van der Waals surface area contributed by atoms with Crippen LogP contribution in [0.15, 0.2) is 12.1 Å². The molecule has 1 heterocycles. The first-order valence-electron chi connectivity index (χ1n) is 5.05. The Kier molecular flexibility index (Phi) is 2.68. The second-order valence-corrected chi connectivity index (χ2v) is 3.74. The lowest BCUT2D eigenvalue weighted by Gasteiger charge is -2.13. The summed E-state index contributed by atoms with van der Waals surface area (Å²) >= 11 is 0. The average Bonchev–Trinajstić information content (AvgIpc) is 2.63. The third-order valence-electron chi connectivity index (χ3n) is 2.65. The van der Waals surface area contributed by atoms with Crippen LogP contribution in [0.4, 0.5) is 0 Å². The Morgan fingerprint density at radius 3 is 2.73 bits per heavy atom. The van der Waals surface area contributed by atoms with Gasteiger partial charge in [-0.25, -0.2) is 0 Å². The van der Waals surface area contributed by atoms with Crippen LogP contribution in [0.25, 0.3) is 0 Å². The highest BCUT2D eigenvalue weighted by Gasteiger charge is 2.19. The molecule has 0 fully saturated rings. The molecule has 15 heavy (non-hydrogen) atoms. The molecule has 4 nitrogen and oxygen atoms in total. The van der Waals surface area contributed by atoms with Gasteiger partial charge in [-0.1, -0.05) is 6.92 Å². The SMILES string of the molecule is CC(CCN)c1cc2c(cc1O)OCO2. The molecule has 1 aliphatic rings. The number of rotatable bonds is 3. The Balaban J connectivity index is 2.31. The van der Waals surface area contributed by atoms with Gasteiger partial charge in [0, 0.05) is 11.6 Å². The molecule has 2 rings (SSSR count). The Morgan fingerprint density at radius 2 is 2.07 bits per heavy atom. The summed E-state index contributed by atoms with van der Waals surface area (Å²) in [6.07, 6.45) is 0.840. The molecule has 0 saturated heterocycles. The van der Waals surface area contributed by atoms with Crippen molar-refractivity contribution >= 4 is 0 Å². The molecular weight excluding hydrogens is 194 g/mol. The standard InChI is InChI=1S/C11H15NO3/c1-7(2-3-12)8-4-10-11(5-9(8)13)15-6-14-10/h4-5,7,13H,2-3,6,12H2,1H3. The molecule has 0 saturated carbocycles. The smallest absolute Gasteiger partial charge is 0.231 e. The van der Waals surface area contributed by atoms with Gasteiger partial charge in [-0.3, -0.25) is 0 Å². The fourth-order valence-electron chi connectivity index (χ4n) is 1.75. The zero-order chi connectivity index (χ0) is 10.8. The summed E-state index contributed by atoms with van der Waals surface area (Å²) in [7, 11) is 0. The molecule has 0 bridgehead atoms. The van der Waals surface area contributed by atoms with Gasteiger partial charge in [0.05, 0.1) is 0 Å². The first-order chi connectivity index (χ1) is 7.22. The highest BCUT2D eigenvalue weighted by Crippen LogP contribution is 2.40. The predicted octanol–water partition coefficient (Wildman–Crippen LogP) is 1.57. The van der Waals surface area contributed by atoms with Crippen LogP contribution >= 0.6 is 0 Å². The van der Waals surface area contributed by atoms with E-state index in [9.17, 15) is 5.11 Å². The van der Waals surface area contributed by atoms with Crippen LogP contribution in [0.5, 0.6) is 17.2 Å². The number of aromatic hydroxyl groups is 1. The van der Waals surface area contributed by atoms with Gasteiger partial charge in [0.15, 0.2) is 11.5 Å². The van der Waals surface area contributed by atoms with E-state index >= 15 is 0 Å². The lowest BCUT2D eigenvalue weighted by atomic mass is 9.96. The third kappa shape index (κ3) is 1.85. The molecule has 1 aromatic carbocycles. The van der Waals surface area contributed by atoms with Crippen molar-refractivity contribution < 1.29 is 14.6 Å². The van der Waals surface area contributed by atoms with Gasteiger partial charge in [0.25, 0.3) is 0 Å². The van der Waals surface area contributed by atoms with Crippen molar-refractivity contribution in [3.8, 4) is 17.2 Å². The van der Waals surface area contributed by atoms with Gasteiger partial charge in [-0.2, -0.15) is 0 Å². The maximum Gasteiger partial charge on any atom is 0.231 e. The van der Waals surface area contributed by atoms with Gasteiger partial charge < -0.3 is 20.3 Å². The van der Waals surface area contributed by atoms with Crippen LogP contribution in [0, 0.1) is 0 Å². The molecule has 0 amide bonds. The van der Waals surface area contributed by atoms with Gasteiger partial charge >= 0.3 is 0 Å². The third-order valence-corrected chi connectivity index (χ3v) is 2.65. The van der Waals surface area contributed by atoms with Gasteiger partial charge in [-0.05, 0) is 24.9 Å². The number of hydrogen-bond acceptors (Lipinski definition) is 4. The van der Waals surface area contributed by atoms with Crippen molar-refractivity contribution in [1.29, 1.82) is 0 Å². The van der Waals surface area contributed by atoms with Crippen molar-refractivity contribution in [2.45, 2.75) is 19.3 Å². The minimum Gasteiger partial charge on any atom is -0.508 e. The minimum atomic E-state index is 0.226. The monoisotopic (exact) mass is 209 g/mol. The molecule has 0 aromatic heterocycles. The molecule has 1 unspecified atom stereocenters. The number of hydrogen-bond donors (Lipinski definition) is 2. The zero-order valence-corrected chi connectivity index (χ0v) is 8.69. The van der Waals surface area contributed by atoms with Gasteiger partial charge in [0.2, 0.25) is 6.79 Å². The van der Waals surface area contributed by atoms with E-state index in [0.717, 1.165) is 12.0 Å². The largest absolute Gasteiger partial charge is 0.508 e. The highest BCUT2D eigenvalue weighted by molar-refractivity contribution is 5.52. The maximum atomic E-state index is 9.80. The normalized spacial score (nSPS) is 15.3. The molecule has 4 heteroatoms. The number of nitrogens with two attached hydrogens (primary N) is 1. The molecule has 0 spiro atoms. The van der Waals surface area contributed by atoms with Crippen LogP contribution in [0.1, 0.15) is 24.8 Å². The number of ether oxygens (including phenoxy) is 2. The second kappa shape index (κ2) is 3.98. The van der Waals surface area contributed by atoms with Crippen molar-refractivity contribution in [2.75, 3.05) is 13.3 Å². The minimum absolute atomic E-state index is 0.226. The van der Waals surface area contributed by atoms with Crippen molar-refractivity contribution in [2.24, 2.45) is 5.73 Å². The van der Waals surface area contributed by atoms with E-state index in [2.05, 4.69) is 0 Å². The molecule has 0 aliphatic carbocycles. The Bertz CT molecular complexity index is 365. The van der Waals surface area contributed by atoms with Crippen LogP contribution < -0.4 is 15.2 Å². The number of phenols is 1. The topological polar surface area (TPSA) is 64.7 Å². The molecule has 1 aromatic rings. The number of fused-ring (bicyclic) bond motifs is 1. The first kappa shape index (κ1) is 10.1. The van der Waals surface area contributed by atoms with Crippen LogP contribution in [-0.2, 0) is 0 Å². The summed E-state index contributed by atoms with van der Waals surface area (Å²) in [5, 5.41) is 9.80. The Hall–Kier alpha value is -1.42. The van der Waals surface area contributed by atoms with E-state index in [1.54, 1.807) is 6.07 Å². The van der Waals surface area contributed by atoms with Crippen molar-refractivity contribution in [3.63, 3.8) is 0 Å². The van der Waals surface area contributed by atoms with E-state index in [4.69, 9.17) is 15.2 Å². The van der Waals surface area contributed by atoms with Crippen LogP contribution in [-0.4, -0.2) is 18.4 Å². The van der Waals surface area contributed by atoms with E-state index in [0.29, 0.717) is 18.0 Å². The molecule has 3 N–H and O–H groups in total. The Labute approximate surface area is 88.6 Å². The zero-order valence-electron chi connectivity index (χ0n) is 8.69. The summed E-state index contributed by atoms with van der Waals surface area (Å²) in [6.45, 7) is 2.86. The van der Waals surface area contributed by atoms with Crippen molar-refractivity contribution in [1.82, 2.24) is 0 Å². The van der Waals surface area contributed by atoms with E-state index in [1.165, 1.54) is 0 Å². The average molecular weight is 209 g/mol. The fraction of sp³-hybridized carbons (Fsp3) is 0.455. The van der Waals surface area contributed by atoms with E-state index in [-0.39, 0.29) is 18.5 Å². The maximum absolute atomic E-state index is 9.80. The number of phenolic OH excluding ortho intramolecular Hbond substituents is 1. The molecule has 0 radical (unpaired) electrons. The number of benzene rings is 1. The summed E-state index contributed by atoms with van der Waals surface area (Å²) in [5.41, 5.74) is 6.36. The van der Waals surface area contributed by atoms with E-state index in [1.807, 2.05) is 13.0 Å². The van der Waals surface area contributed by atoms with Crippen LogP contribution in [0.2, 0.25) is 0 Å². The summed E-state index contributed by atoms with van der Waals surface area (Å²) in [4.78, 5) is 0. The summed E-state index contributed by atoms with van der Waals surface area (Å²) in [6, 6.07) is 3.43.